The van der Waals surface area contributed by atoms with Crippen LogP contribution < -0.4 is 4.48 Å². The summed E-state index contributed by atoms with van der Waals surface area (Å²) < 4.78 is 37.8. The van der Waals surface area contributed by atoms with E-state index in [1.165, 1.54) is 18.2 Å². The Balaban J connectivity index is 2.34. The predicted molar refractivity (Wildman–Crippen MR) is 116 cm³/mol. The molecule has 0 saturated carbocycles. The zero-order valence-electron chi connectivity index (χ0n) is 16.2. The van der Waals surface area contributed by atoms with Crippen molar-refractivity contribution in [3.8, 4) is 0 Å². The van der Waals surface area contributed by atoms with Gasteiger partial charge in [-0.3, -0.25) is 0 Å². The van der Waals surface area contributed by atoms with Crippen molar-refractivity contribution in [1.82, 2.24) is 4.48 Å². The molecule has 1 aliphatic heterocycles. The molecule has 0 bridgehead atoms. The van der Waals surface area contributed by atoms with Crippen LogP contribution in [0.3, 0.4) is 0 Å². The average Bonchev–Trinajstić information content (AvgIpc) is 2.90. The van der Waals surface area contributed by atoms with Gasteiger partial charge in [0.25, 0.3) is 0 Å². The standard InChI is InChI=1S/C21H21Cl2FNO3S/c1-13-4-6-16(10-14(2)26)25(13,20-8-5-15(24)11-18(20)22)17-7-9-21(19(23)12-17)29(3,27)28/h4-9,11-12,14,26H,10H2,1-3H3/q+1/t14-,25?/m0/s1. The molecule has 0 radical (unpaired) electrons. The molecule has 1 N–H and O–H groups in total. The summed E-state index contributed by atoms with van der Waals surface area (Å²) in [4.78, 5) is 0.0214. The Morgan fingerprint density at radius 1 is 1.10 bits per heavy atom. The summed E-state index contributed by atoms with van der Waals surface area (Å²) in [6.45, 7) is 3.57. The molecule has 1 heterocycles. The van der Waals surface area contributed by atoms with Gasteiger partial charge in [-0.15, -0.1) is 0 Å². The fraction of sp³-hybridized carbons (Fsp3) is 0.238. The Hall–Kier alpha value is -1.70. The molecule has 0 aliphatic carbocycles. The normalized spacial score (nSPS) is 20.4. The van der Waals surface area contributed by atoms with Crippen molar-refractivity contribution in [2.45, 2.75) is 31.3 Å². The van der Waals surface area contributed by atoms with Crippen molar-refractivity contribution in [2.24, 2.45) is 0 Å². The summed E-state index contributed by atoms with van der Waals surface area (Å²) in [5.41, 5.74) is 2.86. The van der Waals surface area contributed by atoms with E-state index in [0.29, 0.717) is 17.8 Å². The molecule has 2 atom stereocenters. The summed E-state index contributed by atoms with van der Waals surface area (Å²) in [5, 5.41) is 10.4. The molecule has 2 aromatic rings. The topological polar surface area (TPSA) is 54.4 Å². The van der Waals surface area contributed by atoms with Gasteiger partial charge in [0.2, 0.25) is 0 Å². The van der Waals surface area contributed by atoms with E-state index in [1.807, 2.05) is 19.1 Å². The number of rotatable bonds is 5. The summed E-state index contributed by atoms with van der Waals surface area (Å²) in [6.07, 6.45) is 4.57. The van der Waals surface area contributed by atoms with E-state index in [1.54, 1.807) is 25.1 Å². The number of nitrogens with zero attached hydrogens (tertiary/aromatic N) is 1. The quantitative estimate of drug-likeness (QED) is 0.582. The van der Waals surface area contributed by atoms with Gasteiger partial charge in [-0.2, -0.15) is 0 Å². The van der Waals surface area contributed by atoms with Gasteiger partial charge in [0.05, 0.1) is 16.0 Å². The zero-order valence-corrected chi connectivity index (χ0v) is 18.5. The van der Waals surface area contributed by atoms with E-state index in [9.17, 15) is 17.9 Å². The SMILES string of the molecule is CC1=CC=C(C[C@H](C)O)[N+]1(c1ccc(S(C)(=O)=O)c(Cl)c1)c1ccc(F)cc1Cl. The fourth-order valence-corrected chi connectivity index (χ4v) is 5.40. The number of quaternary nitrogens is 1. The average molecular weight is 457 g/mol. The van der Waals surface area contributed by atoms with Crippen LogP contribution in [0.5, 0.6) is 0 Å². The molecule has 0 aromatic heterocycles. The monoisotopic (exact) mass is 456 g/mol. The number of allylic oxidation sites excluding steroid dienone is 3. The number of sulfone groups is 1. The van der Waals surface area contributed by atoms with E-state index in [4.69, 9.17) is 23.2 Å². The maximum absolute atomic E-state index is 13.8. The molecular formula is C21H21Cl2FNO3S+. The molecule has 29 heavy (non-hydrogen) atoms. The second-order valence-electron chi connectivity index (χ2n) is 7.17. The van der Waals surface area contributed by atoms with Gasteiger partial charge in [-0.05, 0) is 25.1 Å². The van der Waals surface area contributed by atoms with Crippen molar-refractivity contribution in [2.75, 3.05) is 6.26 Å². The Morgan fingerprint density at radius 3 is 2.34 bits per heavy atom. The fourth-order valence-electron chi connectivity index (χ4n) is 3.78. The first kappa shape index (κ1) is 22.0. The van der Waals surface area contributed by atoms with Crippen LogP contribution in [0.25, 0.3) is 0 Å². The molecule has 0 fully saturated rings. The highest BCUT2D eigenvalue weighted by Gasteiger charge is 2.45. The molecule has 1 unspecified atom stereocenters. The lowest BCUT2D eigenvalue weighted by molar-refractivity contribution is 0.189. The first-order valence-corrected chi connectivity index (χ1v) is 11.5. The number of hydrogen-bond acceptors (Lipinski definition) is 3. The van der Waals surface area contributed by atoms with Crippen LogP contribution in [0.2, 0.25) is 10.0 Å². The molecule has 1 aliphatic rings. The van der Waals surface area contributed by atoms with Gasteiger partial charge in [-0.1, -0.05) is 23.2 Å². The first-order chi connectivity index (χ1) is 13.5. The summed E-state index contributed by atoms with van der Waals surface area (Å²) >= 11 is 12.8. The van der Waals surface area contributed by atoms with Gasteiger partial charge in [0.15, 0.2) is 15.5 Å². The lowest BCUT2D eigenvalue weighted by Gasteiger charge is -2.38. The Labute approximate surface area is 180 Å². The third-order valence-corrected chi connectivity index (χ3v) is 6.84. The number of hydrogen-bond donors (Lipinski definition) is 1. The van der Waals surface area contributed by atoms with Crippen molar-refractivity contribution in [3.63, 3.8) is 0 Å². The minimum atomic E-state index is -3.50. The van der Waals surface area contributed by atoms with Crippen LogP contribution >= 0.6 is 23.2 Å². The van der Waals surface area contributed by atoms with Gasteiger partial charge < -0.3 is 5.11 Å². The minimum Gasteiger partial charge on any atom is -0.393 e. The lowest BCUT2D eigenvalue weighted by Crippen LogP contribution is -2.40. The van der Waals surface area contributed by atoms with Gasteiger partial charge in [0, 0.05) is 50.0 Å². The maximum Gasteiger partial charge on any atom is 0.176 e. The molecule has 8 heteroatoms. The molecular weight excluding hydrogens is 436 g/mol. The Morgan fingerprint density at radius 2 is 1.79 bits per heavy atom. The third-order valence-electron chi connectivity index (χ3n) is 4.95. The van der Waals surface area contributed by atoms with Crippen molar-refractivity contribution < 1.29 is 17.9 Å². The van der Waals surface area contributed by atoms with E-state index in [0.717, 1.165) is 17.6 Å². The van der Waals surface area contributed by atoms with Crippen molar-refractivity contribution in [3.05, 3.63) is 75.8 Å². The van der Waals surface area contributed by atoms with Crippen molar-refractivity contribution >= 4 is 44.4 Å². The van der Waals surface area contributed by atoms with E-state index >= 15 is 0 Å². The van der Waals surface area contributed by atoms with Crippen LogP contribution in [0.1, 0.15) is 20.3 Å². The van der Waals surface area contributed by atoms with E-state index in [2.05, 4.69) is 0 Å². The Kier molecular flexibility index (Phi) is 5.96. The maximum atomic E-state index is 13.8. The van der Waals surface area contributed by atoms with Crippen molar-refractivity contribution in [1.29, 1.82) is 0 Å². The lowest BCUT2D eigenvalue weighted by atomic mass is 10.1. The second kappa shape index (κ2) is 7.85. The van der Waals surface area contributed by atoms with Gasteiger partial charge in [-0.25, -0.2) is 17.3 Å². The highest BCUT2D eigenvalue weighted by molar-refractivity contribution is 7.90. The third kappa shape index (κ3) is 3.88. The highest BCUT2D eigenvalue weighted by atomic mass is 35.5. The van der Waals surface area contributed by atoms with Crippen LogP contribution in [-0.4, -0.2) is 25.9 Å². The van der Waals surface area contributed by atoms with Gasteiger partial charge >= 0.3 is 0 Å². The van der Waals surface area contributed by atoms with Crippen LogP contribution in [0.15, 0.2) is 64.8 Å². The molecule has 154 valence electrons. The second-order valence-corrected chi connectivity index (χ2v) is 9.97. The molecule has 0 saturated heterocycles. The number of halogens is 3. The zero-order chi connectivity index (χ0) is 21.6. The minimum absolute atomic E-state index is 0.00771. The molecule has 0 amide bonds. The summed E-state index contributed by atoms with van der Waals surface area (Å²) in [6, 6.07) is 8.84. The molecule has 3 rings (SSSR count). The van der Waals surface area contributed by atoms with Crippen LogP contribution in [0, 0.1) is 5.82 Å². The van der Waals surface area contributed by atoms with Crippen LogP contribution in [0.4, 0.5) is 15.8 Å². The van der Waals surface area contributed by atoms with Crippen LogP contribution in [-0.2, 0) is 9.84 Å². The molecule has 4 nitrogen and oxygen atoms in total. The highest BCUT2D eigenvalue weighted by Crippen LogP contribution is 2.51. The molecule has 0 spiro atoms. The van der Waals surface area contributed by atoms with E-state index in [-0.39, 0.29) is 19.4 Å². The van der Waals surface area contributed by atoms with E-state index < -0.39 is 21.8 Å². The Bertz CT molecular complexity index is 1140. The molecule has 2 aromatic carbocycles. The number of aliphatic hydroxyl groups is 1. The number of aliphatic hydroxyl groups excluding tert-OH is 1. The smallest absolute Gasteiger partial charge is 0.176 e. The summed E-state index contributed by atoms with van der Waals surface area (Å²) in [5.74, 6) is -0.468. The first-order valence-electron chi connectivity index (χ1n) is 8.89. The largest absolute Gasteiger partial charge is 0.393 e. The summed E-state index contributed by atoms with van der Waals surface area (Å²) in [7, 11) is -3.50. The van der Waals surface area contributed by atoms with Gasteiger partial charge in [0.1, 0.15) is 27.9 Å². The predicted octanol–water partition coefficient (Wildman–Crippen LogP) is 5.75. The number of benzene rings is 2.